The quantitative estimate of drug-likeness (QED) is 0.0222. The van der Waals surface area contributed by atoms with Crippen molar-refractivity contribution >= 4 is 39.5 Å². The standard InChI is InChI=1S/C79H154O17P2/c1-6-9-12-15-18-21-24-27-29-30-31-32-33-36-39-44-50-55-60-65-79(84)95-74(68-89-76(81)62-57-52-47-42-37-35-28-25-22-19-16-13-10-7-2)70-93-97(85,86)91-66-73(80)67-92-98(87,88)94-71-75(69-90-77(82)63-58-53-48-45-40-41-46-51-56-61-72(4)5)96-78(83)64-59-54-49-43-38-34-26-23-20-17-14-11-8-3/h72-75,80H,6-71H2,1-5H3,(H,85,86)(H,87,88)/t73-,74-,75-/m1/s1. The number of esters is 4. The highest BCUT2D eigenvalue weighted by atomic mass is 31.2. The summed E-state index contributed by atoms with van der Waals surface area (Å²) in [6, 6.07) is 0. The van der Waals surface area contributed by atoms with Crippen LogP contribution in [0.4, 0.5) is 0 Å². The van der Waals surface area contributed by atoms with Crippen LogP contribution < -0.4 is 0 Å². The smallest absolute Gasteiger partial charge is 0.462 e. The highest BCUT2D eigenvalue weighted by molar-refractivity contribution is 7.47. The van der Waals surface area contributed by atoms with Crippen LogP contribution in [-0.4, -0.2) is 96.7 Å². The van der Waals surface area contributed by atoms with Crippen LogP contribution >= 0.6 is 15.6 Å². The summed E-state index contributed by atoms with van der Waals surface area (Å²) >= 11 is 0. The molecule has 0 saturated heterocycles. The molecule has 19 heteroatoms. The zero-order valence-electron chi connectivity index (χ0n) is 63.9. The average Bonchev–Trinajstić information content (AvgIpc) is 1.06. The molecule has 0 aromatic rings. The number of carbonyl (C=O) groups is 4. The first-order valence-electron chi connectivity index (χ1n) is 41.1. The lowest BCUT2D eigenvalue weighted by Crippen LogP contribution is -2.30. The average molecular weight is 1440 g/mol. The predicted octanol–water partition coefficient (Wildman–Crippen LogP) is 23.6. The fourth-order valence-electron chi connectivity index (χ4n) is 12.2. The van der Waals surface area contributed by atoms with Gasteiger partial charge < -0.3 is 33.8 Å². The molecule has 2 unspecified atom stereocenters. The maximum Gasteiger partial charge on any atom is 0.472 e. The fraction of sp³-hybridized carbons (Fsp3) is 0.949. The molecule has 3 N–H and O–H groups in total. The van der Waals surface area contributed by atoms with Crippen molar-refractivity contribution in [2.45, 2.75) is 438 Å². The summed E-state index contributed by atoms with van der Waals surface area (Å²) in [5.74, 6) is -1.36. The number of carbonyl (C=O) groups excluding carboxylic acids is 4. The van der Waals surface area contributed by atoms with E-state index in [-0.39, 0.29) is 25.7 Å². The molecule has 98 heavy (non-hydrogen) atoms. The molecule has 582 valence electrons. The Kier molecular flexibility index (Phi) is 70.6. The summed E-state index contributed by atoms with van der Waals surface area (Å²) in [5.41, 5.74) is 0. The Hall–Kier alpha value is -1.94. The molecule has 0 aliphatic heterocycles. The molecule has 0 aromatic heterocycles. The molecule has 0 heterocycles. The summed E-state index contributed by atoms with van der Waals surface area (Å²) in [5, 5.41) is 10.6. The number of ether oxygens (including phenoxy) is 4. The first-order chi connectivity index (χ1) is 47.5. The number of hydrogen-bond acceptors (Lipinski definition) is 15. The van der Waals surface area contributed by atoms with Crippen molar-refractivity contribution in [2.75, 3.05) is 39.6 Å². The molecule has 0 aliphatic carbocycles. The zero-order chi connectivity index (χ0) is 71.9. The van der Waals surface area contributed by atoms with Crippen LogP contribution in [0.25, 0.3) is 0 Å². The van der Waals surface area contributed by atoms with Gasteiger partial charge in [-0.2, -0.15) is 0 Å². The van der Waals surface area contributed by atoms with E-state index in [2.05, 4.69) is 34.6 Å². The van der Waals surface area contributed by atoms with Gasteiger partial charge in [-0.1, -0.05) is 369 Å². The second-order valence-corrected chi connectivity index (χ2v) is 31.8. The van der Waals surface area contributed by atoms with Gasteiger partial charge in [-0.3, -0.25) is 37.3 Å². The minimum atomic E-state index is -4.96. The normalized spacial score (nSPS) is 13.9. The van der Waals surface area contributed by atoms with Crippen molar-refractivity contribution < 1.29 is 80.2 Å². The molecule has 0 saturated carbocycles. The van der Waals surface area contributed by atoms with E-state index < -0.39 is 97.5 Å². The van der Waals surface area contributed by atoms with E-state index in [1.54, 1.807) is 0 Å². The summed E-state index contributed by atoms with van der Waals surface area (Å²) in [7, 11) is -9.92. The van der Waals surface area contributed by atoms with E-state index in [9.17, 15) is 43.2 Å². The molecule has 0 spiro atoms. The van der Waals surface area contributed by atoms with E-state index in [0.29, 0.717) is 25.7 Å². The lowest BCUT2D eigenvalue weighted by atomic mass is 10.0. The van der Waals surface area contributed by atoms with Crippen LogP contribution in [0.2, 0.25) is 0 Å². The third-order valence-corrected chi connectivity index (χ3v) is 20.4. The van der Waals surface area contributed by atoms with Crippen LogP contribution in [0.5, 0.6) is 0 Å². The molecule has 5 atom stereocenters. The van der Waals surface area contributed by atoms with Crippen molar-refractivity contribution in [1.82, 2.24) is 0 Å². The Morgan fingerprint density at radius 1 is 0.276 bits per heavy atom. The second kappa shape index (κ2) is 72.0. The van der Waals surface area contributed by atoms with E-state index in [1.807, 2.05) is 0 Å². The van der Waals surface area contributed by atoms with Crippen LogP contribution in [0.3, 0.4) is 0 Å². The molecular formula is C79H154O17P2. The minimum absolute atomic E-state index is 0.108. The summed E-state index contributed by atoms with van der Waals surface area (Å²) < 4.78 is 68.7. The Labute approximate surface area is 600 Å². The minimum Gasteiger partial charge on any atom is -0.462 e. The van der Waals surface area contributed by atoms with Crippen LogP contribution in [0.1, 0.15) is 420 Å². The molecule has 0 rings (SSSR count). The number of phosphoric acid groups is 2. The highest BCUT2D eigenvalue weighted by Gasteiger charge is 2.30. The SMILES string of the molecule is CCCCCCCCCCCCCCCCCCCCCC(=O)O[C@H](COC(=O)CCCCCCCCCCCCCCCC)COP(=O)(O)OC[C@@H](O)COP(=O)(O)OC[C@@H](COC(=O)CCCCCCCCCCCC(C)C)OC(=O)CCCCCCCCCCCCCCC. The summed E-state index contributed by atoms with van der Waals surface area (Å²) in [6.45, 7) is 7.30. The Bertz CT molecular complexity index is 1870. The lowest BCUT2D eigenvalue weighted by molar-refractivity contribution is -0.161. The number of unbranched alkanes of at least 4 members (excludes halogenated alkanes) is 51. The van der Waals surface area contributed by atoms with Gasteiger partial charge in [-0.05, 0) is 31.6 Å². The molecule has 0 fully saturated rings. The van der Waals surface area contributed by atoms with Crippen LogP contribution in [0.15, 0.2) is 0 Å². The largest absolute Gasteiger partial charge is 0.472 e. The summed E-state index contributed by atoms with van der Waals surface area (Å²) in [6.07, 6.45) is 62.3. The van der Waals surface area contributed by atoms with Crippen LogP contribution in [-0.2, 0) is 65.4 Å². The van der Waals surface area contributed by atoms with Crippen LogP contribution in [0, 0.1) is 5.92 Å². The van der Waals surface area contributed by atoms with Crippen molar-refractivity contribution in [3.05, 3.63) is 0 Å². The molecule has 0 aliphatic rings. The van der Waals surface area contributed by atoms with Crippen molar-refractivity contribution in [3.63, 3.8) is 0 Å². The van der Waals surface area contributed by atoms with E-state index in [4.69, 9.17) is 37.0 Å². The topological polar surface area (TPSA) is 237 Å². The third-order valence-electron chi connectivity index (χ3n) is 18.5. The van der Waals surface area contributed by atoms with E-state index >= 15 is 0 Å². The number of hydrogen-bond donors (Lipinski definition) is 3. The van der Waals surface area contributed by atoms with Gasteiger partial charge in [0.25, 0.3) is 0 Å². The predicted molar refractivity (Wildman–Crippen MR) is 400 cm³/mol. The van der Waals surface area contributed by atoms with Crippen molar-refractivity contribution in [2.24, 2.45) is 5.92 Å². The molecule has 0 bridgehead atoms. The maximum absolute atomic E-state index is 13.1. The first-order valence-corrected chi connectivity index (χ1v) is 44.1. The molecular weight excluding hydrogens is 1280 g/mol. The Morgan fingerprint density at radius 3 is 0.694 bits per heavy atom. The highest BCUT2D eigenvalue weighted by Crippen LogP contribution is 2.45. The van der Waals surface area contributed by atoms with Gasteiger partial charge >= 0.3 is 39.5 Å². The maximum atomic E-state index is 13.1. The van der Waals surface area contributed by atoms with Crippen molar-refractivity contribution in [3.8, 4) is 0 Å². The lowest BCUT2D eigenvalue weighted by Gasteiger charge is -2.21. The first kappa shape index (κ1) is 96.1. The number of rotatable bonds is 79. The monoisotopic (exact) mass is 1440 g/mol. The van der Waals surface area contributed by atoms with Gasteiger partial charge in [-0.15, -0.1) is 0 Å². The second-order valence-electron chi connectivity index (χ2n) is 28.9. The number of aliphatic hydroxyl groups excluding tert-OH is 1. The van der Waals surface area contributed by atoms with E-state index in [0.717, 1.165) is 95.8 Å². The Morgan fingerprint density at radius 2 is 0.469 bits per heavy atom. The zero-order valence-corrected chi connectivity index (χ0v) is 65.7. The van der Waals surface area contributed by atoms with Gasteiger partial charge in [0.1, 0.15) is 19.3 Å². The number of phosphoric ester groups is 2. The van der Waals surface area contributed by atoms with Gasteiger partial charge in [0, 0.05) is 25.7 Å². The van der Waals surface area contributed by atoms with Gasteiger partial charge in [0.15, 0.2) is 12.2 Å². The molecule has 0 aromatic carbocycles. The van der Waals surface area contributed by atoms with Gasteiger partial charge in [-0.25, -0.2) is 9.13 Å². The summed E-state index contributed by atoms with van der Waals surface area (Å²) in [4.78, 5) is 73.0. The van der Waals surface area contributed by atoms with E-state index in [1.165, 1.54) is 244 Å². The third kappa shape index (κ3) is 72.4. The molecule has 17 nitrogen and oxygen atoms in total. The van der Waals surface area contributed by atoms with Crippen molar-refractivity contribution in [1.29, 1.82) is 0 Å². The Balaban J connectivity index is 5.24. The molecule has 0 amide bonds. The molecule has 0 radical (unpaired) electrons. The van der Waals surface area contributed by atoms with Gasteiger partial charge in [0.05, 0.1) is 26.4 Å². The number of aliphatic hydroxyl groups is 1. The van der Waals surface area contributed by atoms with Gasteiger partial charge in [0.2, 0.25) is 0 Å². The fourth-order valence-corrected chi connectivity index (χ4v) is 13.8.